The van der Waals surface area contributed by atoms with Gasteiger partial charge < -0.3 is 22.9 Å². The van der Waals surface area contributed by atoms with Gasteiger partial charge in [-0.05, 0) is 44.0 Å². The molecule has 0 aliphatic carbocycles. The van der Waals surface area contributed by atoms with Crippen LogP contribution in [0.3, 0.4) is 0 Å². The first-order chi connectivity index (χ1) is 13.6. The van der Waals surface area contributed by atoms with E-state index in [2.05, 4.69) is 42.1 Å². The van der Waals surface area contributed by atoms with E-state index < -0.39 is 0 Å². The number of nitrogens with two attached hydrogens (primary N) is 4. The molecule has 13 heteroatoms. The van der Waals surface area contributed by atoms with Gasteiger partial charge in [0, 0.05) is 20.1 Å². The van der Waals surface area contributed by atoms with Crippen LogP contribution in [-0.2, 0) is 0 Å². The molecule has 0 aliphatic rings. The Hall–Kier alpha value is -1.69. The van der Waals surface area contributed by atoms with Crippen LogP contribution in [0.25, 0.3) is 0 Å². The highest BCUT2D eigenvalue weighted by Crippen LogP contribution is 2.25. The number of carbonyl (C=O) groups excluding carboxylic acids is 1. The molecule has 2 aromatic rings. The first-order valence-electron chi connectivity index (χ1n) is 7.62. The summed E-state index contributed by atoms with van der Waals surface area (Å²) >= 11 is 18.0. The highest BCUT2D eigenvalue weighted by Gasteiger charge is 2.01. The van der Waals surface area contributed by atoms with Gasteiger partial charge in [0.2, 0.25) is 5.96 Å². The van der Waals surface area contributed by atoms with Crippen molar-refractivity contribution in [3.05, 3.63) is 66.5 Å². The number of hydrogen-bond donors (Lipinski definition) is 5. The summed E-state index contributed by atoms with van der Waals surface area (Å²) in [6, 6.07) is 10.6. The molecule has 2 rings (SSSR count). The van der Waals surface area contributed by atoms with Gasteiger partial charge in [0.25, 0.3) is 0 Å². The number of aldehydes is 1. The van der Waals surface area contributed by atoms with Crippen molar-refractivity contribution >= 4 is 91.8 Å². The van der Waals surface area contributed by atoms with Crippen molar-refractivity contribution in [2.24, 2.45) is 33.1 Å². The van der Waals surface area contributed by atoms with Gasteiger partial charge >= 0.3 is 0 Å². The van der Waals surface area contributed by atoms with Gasteiger partial charge in [-0.2, -0.15) is 5.10 Å². The normalized spacial score (nSPS) is 9.23. The molecule has 0 atom stereocenters. The monoisotopic (exact) mass is 601 g/mol. The molecule has 0 fully saturated rings. The van der Waals surface area contributed by atoms with E-state index in [0.29, 0.717) is 20.1 Å². The zero-order valence-corrected chi connectivity index (χ0v) is 20.9. The Kier molecular flexibility index (Phi) is 17.3. The maximum atomic E-state index is 10.3. The highest BCUT2D eigenvalue weighted by atomic mass is 79.9. The average molecular weight is 605 g/mol. The molecule has 0 spiro atoms. The zero-order valence-electron chi connectivity index (χ0n) is 15.4. The topological polar surface area (TPSA) is 170 Å². The van der Waals surface area contributed by atoms with Crippen molar-refractivity contribution in [1.29, 1.82) is 5.41 Å². The van der Waals surface area contributed by atoms with Gasteiger partial charge in [0.1, 0.15) is 5.84 Å². The van der Waals surface area contributed by atoms with Crippen molar-refractivity contribution in [3.63, 3.8) is 0 Å². The van der Waals surface area contributed by atoms with Crippen molar-refractivity contribution in [2.75, 3.05) is 6.54 Å². The third-order valence-electron chi connectivity index (χ3n) is 2.68. The van der Waals surface area contributed by atoms with Crippen LogP contribution in [0, 0.1) is 5.41 Å². The maximum absolute atomic E-state index is 10.3. The van der Waals surface area contributed by atoms with E-state index in [1.165, 1.54) is 6.21 Å². The second-order valence-corrected chi connectivity index (χ2v) is 7.30. The Bertz CT molecular complexity index is 892. The summed E-state index contributed by atoms with van der Waals surface area (Å²) in [6.07, 6.45) is 2.27. The molecule has 0 radical (unpaired) electrons. The molecular formula is C17H20Br2Cl3N7O. The first kappa shape index (κ1) is 30.5. The van der Waals surface area contributed by atoms with Gasteiger partial charge in [-0.3, -0.25) is 10.2 Å². The van der Waals surface area contributed by atoms with Gasteiger partial charge in [0.15, 0.2) is 6.29 Å². The lowest BCUT2D eigenvalue weighted by molar-refractivity contribution is 0.112. The third kappa shape index (κ3) is 12.8. The van der Waals surface area contributed by atoms with Gasteiger partial charge in [-0.1, -0.05) is 47.5 Å². The van der Waals surface area contributed by atoms with Crippen LogP contribution in [0.2, 0.25) is 10.0 Å². The Morgan fingerprint density at radius 2 is 1.43 bits per heavy atom. The number of nitrogens with zero attached hydrogens (tertiary/aromatic N) is 2. The first-order valence-corrected chi connectivity index (χ1v) is 9.96. The predicted octanol–water partition coefficient (Wildman–Crippen LogP) is 3.93. The van der Waals surface area contributed by atoms with Crippen LogP contribution >= 0.6 is 67.5 Å². The highest BCUT2D eigenvalue weighted by molar-refractivity contribution is 9.11. The van der Waals surface area contributed by atoms with Crippen LogP contribution in [0.5, 0.6) is 0 Å². The molecule has 0 aliphatic heterocycles. The quantitative estimate of drug-likeness (QED) is 0.154. The number of guanidine groups is 1. The second-order valence-electron chi connectivity index (χ2n) is 4.90. The standard InChI is InChI=1S/C8H8BrClN4.C7H4BrClO.C2H7N3.ClH/c9-7-5(2-1-3-6(7)10)4-13-14-8(11)12;8-7-5(4-10)2-1-3-6(7)9;3-1-2(4)5;/h1-4H,(H4,11,12,14);1-4H;1,3H2,(H3,4,5);1H/b13-4+;;;. The smallest absolute Gasteiger partial charge is 0.211 e. The number of halogens is 5. The molecule has 8 nitrogen and oxygen atoms in total. The van der Waals surface area contributed by atoms with E-state index in [1.807, 2.05) is 12.1 Å². The summed E-state index contributed by atoms with van der Waals surface area (Å²) < 4.78 is 1.42. The van der Waals surface area contributed by atoms with E-state index in [9.17, 15) is 4.79 Å². The Morgan fingerprint density at radius 3 is 1.80 bits per heavy atom. The molecule has 0 bridgehead atoms. The van der Waals surface area contributed by atoms with E-state index in [1.54, 1.807) is 24.3 Å². The minimum Gasteiger partial charge on any atom is -0.387 e. The summed E-state index contributed by atoms with van der Waals surface area (Å²) in [5.41, 5.74) is 21.2. The fourth-order valence-corrected chi connectivity index (χ4v) is 2.48. The summed E-state index contributed by atoms with van der Waals surface area (Å²) in [4.78, 5) is 10.3. The van der Waals surface area contributed by atoms with Gasteiger partial charge in [-0.25, -0.2) is 0 Å². The third-order valence-corrected chi connectivity index (χ3v) is 5.54. The SMILES string of the molecule is Cl.N=C(N)CN.NC(N)=N/N=C/c1cccc(Cl)c1Br.O=Cc1cccc(Cl)c1Br. The number of hydrogen-bond acceptors (Lipinski definition) is 5. The summed E-state index contributed by atoms with van der Waals surface area (Å²) in [5.74, 6) is -0.0515. The lowest BCUT2D eigenvalue weighted by atomic mass is 10.2. The molecule has 0 unspecified atom stereocenters. The predicted molar refractivity (Wildman–Crippen MR) is 135 cm³/mol. The van der Waals surface area contributed by atoms with E-state index in [0.717, 1.165) is 16.3 Å². The van der Waals surface area contributed by atoms with Crippen LogP contribution in [-0.4, -0.2) is 30.8 Å². The molecule has 9 N–H and O–H groups in total. The zero-order chi connectivity index (χ0) is 22.4. The average Bonchev–Trinajstić information content (AvgIpc) is 2.68. The summed E-state index contributed by atoms with van der Waals surface area (Å²) in [5, 5.41) is 14.7. The molecule has 0 amide bonds. The molecule has 164 valence electrons. The molecule has 0 aromatic heterocycles. The fourth-order valence-electron chi connectivity index (χ4n) is 1.39. The summed E-state index contributed by atoms with van der Waals surface area (Å²) in [6.45, 7) is 0.167. The van der Waals surface area contributed by atoms with Crippen LogP contribution in [0.4, 0.5) is 0 Å². The Balaban J connectivity index is 0. The van der Waals surface area contributed by atoms with Crippen molar-refractivity contribution in [1.82, 2.24) is 0 Å². The minimum atomic E-state index is -0.0839. The fraction of sp³-hybridized carbons (Fsp3) is 0.0588. The largest absolute Gasteiger partial charge is 0.387 e. The molecule has 0 saturated heterocycles. The number of rotatable bonds is 4. The lowest BCUT2D eigenvalue weighted by Gasteiger charge is -1.98. The van der Waals surface area contributed by atoms with Crippen LogP contribution in [0.1, 0.15) is 15.9 Å². The Morgan fingerprint density at radius 1 is 1.00 bits per heavy atom. The Labute approximate surface area is 207 Å². The van der Waals surface area contributed by atoms with Gasteiger partial charge in [0.05, 0.1) is 22.8 Å². The number of benzene rings is 2. The van der Waals surface area contributed by atoms with E-state index >= 15 is 0 Å². The molecular weight excluding hydrogens is 584 g/mol. The van der Waals surface area contributed by atoms with Crippen LogP contribution in [0.15, 0.2) is 55.5 Å². The van der Waals surface area contributed by atoms with Crippen molar-refractivity contribution < 1.29 is 4.79 Å². The molecule has 0 saturated carbocycles. The number of amidine groups is 1. The molecule has 0 heterocycles. The van der Waals surface area contributed by atoms with E-state index in [-0.39, 0.29) is 30.7 Å². The number of nitrogens with one attached hydrogen (secondary N) is 1. The second kappa shape index (κ2) is 17.0. The molecule has 30 heavy (non-hydrogen) atoms. The maximum Gasteiger partial charge on any atom is 0.211 e. The van der Waals surface area contributed by atoms with E-state index in [4.69, 9.17) is 51.5 Å². The number of carbonyl (C=O) groups is 1. The minimum absolute atomic E-state index is 0. The van der Waals surface area contributed by atoms with Crippen molar-refractivity contribution in [2.45, 2.75) is 0 Å². The van der Waals surface area contributed by atoms with Crippen LogP contribution < -0.4 is 22.9 Å². The van der Waals surface area contributed by atoms with Gasteiger partial charge in [-0.15, -0.1) is 17.5 Å². The molecule has 2 aromatic carbocycles. The summed E-state index contributed by atoms with van der Waals surface area (Å²) in [7, 11) is 0. The lowest BCUT2D eigenvalue weighted by Crippen LogP contribution is -2.21. The van der Waals surface area contributed by atoms with Crippen molar-refractivity contribution in [3.8, 4) is 0 Å².